The summed E-state index contributed by atoms with van der Waals surface area (Å²) < 4.78 is 5.55. The van der Waals surface area contributed by atoms with Crippen LogP contribution in [0.1, 0.15) is 48.1 Å². The summed E-state index contributed by atoms with van der Waals surface area (Å²) in [5.74, 6) is 1.04. The Morgan fingerprint density at radius 2 is 1.96 bits per heavy atom. The highest BCUT2D eigenvalue weighted by molar-refractivity contribution is 5.43. The van der Waals surface area contributed by atoms with Crippen molar-refractivity contribution in [2.45, 2.75) is 45.3 Å². The lowest BCUT2D eigenvalue weighted by Gasteiger charge is -2.28. The molecule has 1 atom stereocenters. The third-order valence-corrected chi connectivity index (χ3v) is 5.22. The zero-order valence-electron chi connectivity index (χ0n) is 15.7. The lowest BCUT2D eigenvalue weighted by Crippen LogP contribution is -2.25. The van der Waals surface area contributed by atoms with Crippen molar-refractivity contribution in [2.75, 3.05) is 20.7 Å². The van der Waals surface area contributed by atoms with Gasteiger partial charge >= 0.3 is 0 Å². The molecule has 3 nitrogen and oxygen atoms in total. The van der Waals surface area contributed by atoms with E-state index in [1.54, 1.807) is 7.11 Å². The number of fused-ring (bicyclic) bond motifs is 1. The van der Waals surface area contributed by atoms with E-state index >= 15 is 0 Å². The minimum Gasteiger partial charge on any atom is -0.496 e. The molecule has 25 heavy (non-hydrogen) atoms. The van der Waals surface area contributed by atoms with Gasteiger partial charge in [0.1, 0.15) is 5.75 Å². The van der Waals surface area contributed by atoms with Gasteiger partial charge < -0.3 is 15.0 Å². The highest BCUT2D eigenvalue weighted by Gasteiger charge is 2.22. The first-order valence-corrected chi connectivity index (χ1v) is 9.36. The van der Waals surface area contributed by atoms with Crippen molar-refractivity contribution in [3.63, 3.8) is 0 Å². The Morgan fingerprint density at radius 3 is 2.76 bits per heavy atom. The number of rotatable bonds is 7. The molecule has 3 heteroatoms. The summed E-state index contributed by atoms with van der Waals surface area (Å²) in [6, 6.07) is 15.8. The molecule has 0 amide bonds. The van der Waals surface area contributed by atoms with Crippen LogP contribution in [-0.4, -0.2) is 25.6 Å². The van der Waals surface area contributed by atoms with Crippen molar-refractivity contribution in [1.82, 2.24) is 10.2 Å². The fraction of sp³-hybridized carbons (Fsp3) is 0.455. The first-order chi connectivity index (χ1) is 12.2. The van der Waals surface area contributed by atoms with E-state index in [4.69, 9.17) is 4.74 Å². The molecule has 3 rings (SSSR count). The SMILES string of the molecule is CCN(C)Cc1cccc(CNC2CCCc3c(OC)cccc32)c1. The summed E-state index contributed by atoms with van der Waals surface area (Å²) in [7, 11) is 3.93. The lowest BCUT2D eigenvalue weighted by atomic mass is 9.87. The summed E-state index contributed by atoms with van der Waals surface area (Å²) in [5.41, 5.74) is 5.53. The molecule has 0 radical (unpaired) electrons. The minimum absolute atomic E-state index is 0.417. The second kappa shape index (κ2) is 8.50. The summed E-state index contributed by atoms with van der Waals surface area (Å²) in [6.07, 6.45) is 3.53. The second-order valence-electron chi connectivity index (χ2n) is 7.00. The molecule has 0 bridgehead atoms. The van der Waals surface area contributed by atoms with Crippen LogP contribution in [0.3, 0.4) is 0 Å². The fourth-order valence-corrected chi connectivity index (χ4v) is 3.72. The van der Waals surface area contributed by atoms with E-state index in [2.05, 4.69) is 66.7 Å². The molecule has 134 valence electrons. The number of nitrogens with one attached hydrogen (secondary N) is 1. The molecule has 1 unspecified atom stereocenters. The van der Waals surface area contributed by atoms with E-state index in [9.17, 15) is 0 Å². The minimum atomic E-state index is 0.417. The molecule has 0 heterocycles. The molecule has 2 aromatic carbocycles. The Balaban J connectivity index is 1.68. The van der Waals surface area contributed by atoms with Gasteiger partial charge in [0, 0.05) is 19.1 Å². The van der Waals surface area contributed by atoms with Crippen LogP contribution in [0.4, 0.5) is 0 Å². The standard InChI is InChI=1S/C22H30N2O/c1-4-24(2)16-18-9-5-8-17(14-18)15-23-21-12-6-11-20-19(21)10-7-13-22(20)25-3/h5,7-10,13-14,21,23H,4,6,11-12,15-16H2,1-3H3. The third kappa shape index (κ3) is 4.42. The van der Waals surface area contributed by atoms with Crippen LogP contribution in [0.15, 0.2) is 42.5 Å². The van der Waals surface area contributed by atoms with Crippen LogP contribution in [-0.2, 0) is 19.5 Å². The quantitative estimate of drug-likeness (QED) is 0.814. The number of hydrogen-bond donors (Lipinski definition) is 1. The molecule has 0 aliphatic heterocycles. The molecule has 0 saturated carbocycles. The summed E-state index contributed by atoms with van der Waals surface area (Å²) in [6.45, 7) is 5.18. The molecule has 1 N–H and O–H groups in total. The van der Waals surface area contributed by atoms with Gasteiger partial charge in [0.2, 0.25) is 0 Å². The number of nitrogens with zero attached hydrogens (tertiary/aromatic N) is 1. The molecule has 0 fully saturated rings. The summed E-state index contributed by atoms with van der Waals surface area (Å²) in [5, 5.41) is 3.77. The molecule has 1 aliphatic rings. The maximum Gasteiger partial charge on any atom is 0.122 e. The van der Waals surface area contributed by atoms with Crippen LogP contribution >= 0.6 is 0 Å². The molecule has 1 aliphatic carbocycles. The number of hydrogen-bond acceptors (Lipinski definition) is 3. The van der Waals surface area contributed by atoms with E-state index < -0.39 is 0 Å². The average molecular weight is 338 g/mol. The monoisotopic (exact) mass is 338 g/mol. The highest BCUT2D eigenvalue weighted by atomic mass is 16.5. The predicted octanol–water partition coefficient (Wildman–Crippen LogP) is 4.31. The molecular weight excluding hydrogens is 308 g/mol. The van der Waals surface area contributed by atoms with Crippen LogP contribution in [0.25, 0.3) is 0 Å². The molecule has 0 saturated heterocycles. The first kappa shape index (κ1) is 18.0. The van der Waals surface area contributed by atoms with E-state index in [1.165, 1.54) is 35.1 Å². The van der Waals surface area contributed by atoms with Gasteiger partial charge in [-0.3, -0.25) is 0 Å². The second-order valence-corrected chi connectivity index (χ2v) is 7.00. The summed E-state index contributed by atoms with van der Waals surface area (Å²) >= 11 is 0. The van der Waals surface area contributed by atoms with Gasteiger partial charge in [-0.15, -0.1) is 0 Å². The summed E-state index contributed by atoms with van der Waals surface area (Å²) in [4.78, 5) is 2.33. The van der Waals surface area contributed by atoms with Gasteiger partial charge in [-0.2, -0.15) is 0 Å². The van der Waals surface area contributed by atoms with E-state index in [0.717, 1.165) is 31.8 Å². The number of ether oxygens (including phenoxy) is 1. The normalized spacial score (nSPS) is 16.7. The van der Waals surface area contributed by atoms with E-state index in [-0.39, 0.29) is 0 Å². The Hall–Kier alpha value is -1.84. The topological polar surface area (TPSA) is 24.5 Å². The Labute approximate surface area is 152 Å². The van der Waals surface area contributed by atoms with Crippen molar-refractivity contribution >= 4 is 0 Å². The Morgan fingerprint density at radius 1 is 1.16 bits per heavy atom. The molecule has 2 aromatic rings. The zero-order chi connectivity index (χ0) is 17.6. The molecule has 0 aromatic heterocycles. The van der Waals surface area contributed by atoms with Crippen LogP contribution < -0.4 is 10.1 Å². The van der Waals surface area contributed by atoms with Gasteiger partial charge in [0.05, 0.1) is 7.11 Å². The van der Waals surface area contributed by atoms with Crippen molar-refractivity contribution in [2.24, 2.45) is 0 Å². The number of methoxy groups -OCH3 is 1. The zero-order valence-corrected chi connectivity index (χ0v) is 15.7. The van der Waals surface area contributed by atoms with Gasteiger partial charge in [0.15, 0.2) is 0 Å². The lowest BCUT2D eigenvalue weighted by molar-refractivity contribution is 0.345. The fourth-order valence-electron chi connectivity index (χ4n) is 3.72. The van der Waals surface area contributed by atoms with Gasteiger partial charge in [-0.1, -0.05) is 43.3 Å². The van der Waals surface area contributed by atoms with Crippen molar-refractivity contribution in [3.05, 3.63) is 64.7 Å². The maximum absolute atomic E-state index is 5.55. The Kier molecular flexibility index (Phi) is 6.11. The number of benzene rings is 2. The van der Waals surface area contributed by atoms with Gasteiger partial charge in [-0.25, -0.2) is 0 Å². The van der Waals surface area contributed by atoms with Crippen molar-refractivity contribution in [1.29, 1.82) is 0 Å². The third-order valence-electron chi connectivity index (χ3n) is 5.22. The highest BCUT2D eigenvalue weighted by Crippen LogP contribution is 2.35. The van der Waals surface area contributed by atoms with Gasteiger partial charge in [-0.05, 0) is 61.2 Å². The van der Waals surface area contributed by atoms with E-state index in [1.807, 2.05) is 0 Å². The first-order valence-electron chi connectivity index (χ1n) is 9.36. The Bertz CT molecular complexity index is 698. The predicted molar refractivity (Wildman–Crippen MR) is 104 cm³/mol. The largest absolute Gasteiger partial charge is 0.496 e. The molecule has 0 spiro atoms. The van der Waals surface area contributed by atoms with Crippen LogP contribution in [0.5, 0.6) is 5.75 Å². The average Bonchev–Trinajstić information content (AvgIpc) is 2.66. The van der Waals surface area contributed by atoms with Crippen LogP contribution in [0, 0.1) is 0 Å². The van der Waals surface area contributed by atoms with Crippen molar-refractivity contribution in [3.8, 4) is 5.75 Å². The van der Waals surface area contributed by atoms with Crippen molar-refractivity contribution < 1.29 is 4.74 Å². The smallest absolute Gasteiger partial charge is 0.122 e. The van der Waals surface area contributed by atoms with E-state index in [0.29, 0.717) is 6.04 Å². The molecular formula is C22H30N2O. The van der Waals surface area contributed by atoms with Crippen LogP contribution in [0.2, 0.25) is 0 Å². The van der Waals surface area contributed by atoms with Gasteiger partial charge in [0.25, 0.3) is 0 Å². The maximum atomic E-state index is 5.55.